The fourth-order valence-electron chi connectivity index (χ4n) is 4.65. The van der Waals surface area contributed by atoms with Crippen LogP contribution in [-0.4, -0.2) is 39.1 Å². The van der Waals surface area contributed by atoms with Crippen molar-refractivity contribution in [3.8, 4) is 11.4 Å². The molecule has 0 aliphatic carbocycles. The summed E-state index contributed by atoms with van der Waals surface area (Å²) in [5.74, 6) is 0.485. The number of hydrogen-bond acceptors (Lipinski definition) is 4. The van der Waals surface area contributed by atoms with E-state index in [1.165, 1.54) is 0 Å². The van der Waals surface area contributed by atoms with Crippen LogP contribution in [0.5, 0.6) is 5.75 Å². The highest BCUT2D eigenvalue weighted by atomic mass is 35.5. The maximum atomic E-state index is 12.9. The number of anilines is 1. The zero-order valence-corrected chi connectivity index (χ0v) is 21.7. The standard InChI is InChI=1S/C28H26ClN5O2S/c1-36-24-13-3-2-10-21(24)31-25(35)14-17-34-27(26(32-28(34)37)22-11-4-5-15-30-22)23-12-7-16-33(23)20-9-6-8-19(29)18-20/h2-13,15-16,18,26-27H,14,17H2,1H3,(H,31,35)(H,32,37). The van der Waals surface area contributed by atoms with Crippen LogP contribution in [0.4, 0.5) is 5.69 Å². The highest BCUT2D eigenvalue weighted by Gasteiger charge is 2.41. The van der Waals surface area contributed by atoms with Crippen molar-refractivity contribution in [1.82, 2.24) is 19.8 Å². The van der Waals surface area contributed by atoms with Gasteiger partial charge in [0.1, 0.15) is 5.75 Å². The molecule has 37 heavy (non-hydrogen) atoms. The highest BCUT2D eigenvalue weighted by Crippen LogP contribution is 2.39. The number of methoxy groups -OCH3 is 1. The molecule has 1 aliphatic rings. The first-order valence-electron chi connectivity index (χ1n) is 11.9. The van der Waals surface area contributed by atoms with Crippen molar-refractivity contribution >= 4 is 40.5 Å². The van der Waals surface area contributed by atoms with Gasteiger partial charge in [-0.3, -0.25) is 9.78 Å². The van der Waals surface area contributed by atoms with Gasteiger partial charge in [-0.05, 0) is 66.8 Å². The van der Waals surface area contributed by atoms with Crippen molar-refractivity contribution in [1.29, 1.82) is 0 Å². The van der Waals surface area contributed by atoms with Crippen LogP contribution in [0.15, 0.2) is 91.3 Å². The van der Waals surface area contributed by atoms with Gasteiger partial charge in [0.25, 0.3) is 0 Å². The molecule has 1 amide bonds. The summed E-state index contributed by atoms with van der Waals surface area (Å²) in [6.45, 7) is 0.418. The summed E-state index contributed by atoms with van der Waals surface area (Å²) in [7, 11) is 1.58. The zero-order chi connectivity index (χ0) is 25.8. The third-order valence-corrected chi connectivity index (χ3v) is 6.92. The number of aromatic nitrogens is 2. The van der Waals surface area contributed by atoms with E-state index in [9.17, 15) is 4.79 Å². The molecule has 5 rings (SSSR count). The van der Waals surface area contributed by atoms with Crippen molar-refractivity contribution in [3.63, 3.8) is 0 Å². The molecular weight excluding hydrogens is 506 g/mol. The van der Waals surface area contributed by atoms with E-state index in [4.69, 9.17) is 28.6 Å². The molecule has 4 aromatic rings. The Labute approximate surface area is 226 Å². The molecule has 0 spiro atoms. The van der Waals surface area contributed by atoms with Gasteiger partial charge in [0.15, 0.2) is 5.11 Å². The van der Waals surface area contributed by atoms with E-state index in [0.29, 0.717) is 28.1 Å². The molecule has 0 radical (unpaired) electrons. The van der Waals surface area contributed by atoms with E-state index in [0.717, 1.165) is 17.1 Å². The van der Waals surface area contributed by atoms with Crippen LogP contribution >= 0.6 is 23.8 Å². The minimum absolute atomic E-state index is 0.127. The quantitative estimate of drug-likeness (QED) is 0.291. The maximum absolute atomic E-state index is 12.9. The fraction of sp³-hybridized carbons (Fsp3) is 0.179. The molecule has 2 aromatic carbocycles. The molecule has 1 saturated heterocycles. The number of hydrogen-bond donors (Lipinski definition) is 2. The minimum Gasteiger partial charge on any atom is -0.495 e. The Hall–Kier alpha value is -3.88. The number of rotatable bonds is 8. The van der Waals surface area contributed by atoms with Gasteiger partial charge in [0, 0.05) is 41.8 Å². The number of halogens is 1. The molecule has 1 aliphatic heterocycles. The number of amides is 1. The monoisotopic (exact) mass is 531 g/mol. The topological polar surface area (TPSA) is 71.4 Å². The van der Waals surface area contributed by atoms with E-state index >= 15 is 0 Å². The Bertz CT molecular complexity index is 1410. The van der Waals surface area contributed by atoms with Gasteiger partial charge in [0.05, 0.1) is 30.6 Å². The smallest absolute Gasteiger partial charge is 0.226 e. The van der Waals surface area contributed by atoms with Crippen LogP contribution in [0.1, 0.15) is 29.9 Å². The Morgan fingerprint density at radius 2 is 1.95 bits per heavy atom. The first-order valence-corrected chi connectivity index (χ1v) is 12.7. The molecule has 2 unspecified atom stereocenters. The minimum atomic E-state index is -0.199. The summed E-state index contributed by atoms with van der Waals surface area (Å²) >= 11 is 12.1. The summed E-state index contributed by atoms with van der Waals surface area (Å²) in [4.78, 5) is 19.6. The summed E-state index contributed by atoms with van der Waals surface area (Å²) in [6, 6.07) is 24.6. The summed E-state index contributed by atoms with van der Waals surface area (Å²) < 4.78 is 7.46. The Morgan fingerprint density at radius 1 is 1.11 bits per heavy atom. The van der Waals surface area contributed by atoms with Crippen molar-refractivity contribution in [2.45, 2.75) is 18.5 Å². The molecule has 1 fully saturated rings. The second-order valence-electron chi connectivity index (χ2n) is 8.60. The van der Waals surface area contributed by atoms with E-state index in [1.54, 1.807) is 13.3 Å². The average molecular weight is 532 g/mol. The number of ether oxygens (including phenoxy) is 1. The van der Waals surface area contributed by atoms with E-state index in [2.05, 4.69) is 31.2 Å². The first-order chi connectivity index (χ1) is 18.0. The molecule has 3 heterocycles. The summed E-state index contributed by atoms with van der Waals surface area (Å²) in [5.41, 5.74) is 3.46. The SMILES string of the molecule is COc1ccccc1NC(=O)CCN1C(=S)NC(c2ccccn2)C1c1cccn1-c1cccc(Cl)c1. The molecule has 2 aromatic heterocycles. The number of benzene rings is 2. The number of nitrogens with one attached hydrogen (secondary N) is 2. The largest absolute Gasteiger partial charge is 0.495 e. The third-order valence-electron chi connectivity index (χ3n) is 6.33. The van der Waals surface area contributed by atoms with Crippen molar-refractivity contribution < 1.29 is 9.53 Å². The lowest BCUT2D eigenvalue weighted by Gasteiger charge is -2.29. The van der Waals surface area contributed by atoms with Gasteiger partial charge in [0.2, 0.25) is 5.91 Å². The average Bonchev–Trinajstić information content (AvgIpc) is 3.52. The Balaban J connectivity index is 1.44. The molecule has 7 nitrogen and oxygen atoms in total. The van der Waals surface area contributed by atoms with Gasteiger partial charge in [-0.2, -0.15) is 0 Å². The van der Waals surface area contributed by atoms with E-state index in [-0.39, 0.29) is 24.4 Å². The van der Waals surface area contributed by atoms with Crippen molar-refractivity contribution in [3.05, 3.63) is 108 Å². The molecule has 9 heteroatoms. The van der Waals surface area contributed by atoms with E-state index < -0.39 is 0 Å². The predicted molar refractivity (Wildman–Crippen MR) is 149 cm³/mol. The number of carbonyl (C=O) groups is 1. The third kappa shape index (κ3) is 5.30. The predicted octanol–water partition coefficient (Wildman–Crippen LogP) is 5.54. The number of thiocarbonyl (C=S) groups is 1. The lowest BCUT2D eigenvalue weighted by molar-refractivity contribution is -0.116. The van der Waals surface area contributed by atoms with Crippen LogP contribution in [0.25, 0.3) is 5.69 Å². The summed E-state index contributed by atoms with van der Waals surface area (Å²) in [6.07, 6.45) is 4.02. The van der Waals surface area contributed by atoms with Crippen LogP contribution in [0.2, 0.25) is 5.02 Å². The first kappa shape index (κ1) is 24.8. The van der Waals surface area contributed by atoms with Crippen molar-refractivity contribution in [2.75, 3.05) is 19.0 Å². The highest BCUT2D eigenvalue weighted by molar-refractivity contribution is 7.80. The lowest BCUT2D eigenvalue weighted by atomic mass is 10.0. The molecule has 188 valence electrons. The van der Waals surface area contributed by atoms with Gasteiger partial charge in [-0.25, -0.2) is 0 Å². The Morgan fingerprint density at radius 3 is 2.73 bits per heavy atom. The second-order valence-corrected chi connectivity index (χ2v) is 9.42. The molecule has 2 N–H and O–H groups in total. The molecular formula is C28H26ClN5O2S. The molecule has 0 bridgehead atoms. The van der Waals surface area contributed by atoms with Gasteiger partial charge in [-0.15, -0.1) is 0 Å². The number of nitrogens with zero attached hydrogens (tertiary/aromatic N) is 3. The van der Waals surface area contributed by atoms with Crippen LogP contribution < -0.4 is 15.4 Å². The molecule has 2 atom stereocenters. The second kappa shape index (κ2) is 11.0. The number of pyridine rings is 1. The normalized spacial score (nSPS) is 16.9. The van der Waals surface area contributed by atoms with Crippen LogP contribution in [0, 0.1) is 0 Å². The van der Waals surface area contributed by atoms with Crippen molar-refractivity contribution in [2.24, 2.45) is 0 Å². The lowest BCUT2D eigenvalue weighted by Crippen LogP contribution is -2.33. The van der Waals surface area contributed by atoms with Gasteiger partial charge >= 0.3 is 0 Å². The van der Waals surface area contributed by atoms with Gasteiger partial charge < -0.3 is 24.8 Å². The summed E-state index contributed by atoms with van der Waals surface area (Å²) in [5, 5.41) is 7.62. The number of carbonyl (C=O) groups excluding carboxylic acids is 1. The zero-order valence-electron chi connectivity index (χ0n) is 20.2. The Kier molecular flexibility index (Phi) is 7.39. The van der Waals surface area contributed by atoms with Crippen LogP contribution in [-0.2, 0) is 4.79 Å². The van der Waals surface area contributed by atoms with Gasteiger partial charge in [-0.1, -0.05) is 35.9 Å². The fourth-order valence-corrected chi connectivity index (χ4v) is 5.16. The molecule has 0 saturated carbocycles. The van der Waals surface area contributed by atoms with Crippen LogP contribution in [0.3, 0.4) is 0 Å². The number of para-hydroxylation sites is 2. The van der Waals surface area contributed by atoms with E-state index in [1.807, 2.05) is 79.0 Å². The maximum Gasteiger partial charge on any atom is 0.226 e.